The smallest absolute Gasteiger partial charge is 0.227 e. The van der Waals surface area contributed by atoms with E-state index in [1.54, 1.807) is 17.7 Å². The van der Waals surface area contributed by atoms with Crippen molar-refractivity contribution < 1.29 is 4.74 Å². The molecule has 0 aliphatic carbocycles. The summed E-state index contributed by atoms with van der Waals surface area (Å²) in [5, 5.41) is 7.77. The van der Waals surface area contributed by atoms with Crippen LogP contribution in [0, 0.1) is 6.92 Å². The summed E-state index contributed by atoms with van der Waals surface area (Å²) in [4.78, 5) is 14.2. The number of piperidine rings is 1. The molecule has 8 heteroatoms. The van der Waals surface area contributed by atoms with E-state index in [9.17, 15) is 0 Å². The third-order valence-electron chi connectivity index (χ3n) is 6.49. The van der Waals surface area contributed by atoms with Crippen molar-refractivity contribution in [2.45, 2.75) is 45.1 Å². The Morgan fingerprint density at radius 1 is 1.23 bits per heavy atom. The van der Waals surface area contributed by atoms with Crippen LogP contribution in [0.1, 0.15) is 48.6 Å². The van der Waals surface area contributed by atoms with Gasteiger partial charge < -0.3 is 15.0 Å². The number of nitrogens with zero attached hydrogens (tertiary/aromatic N) is 4. The quantitative estimate of drug-likeness (QED) is 0.505. The average Bonchev–Trinajstić information content (AvgIpc) is 3.50. The Morgan fingerprint density at radius 3 is 2.87 bits per heavy atom. The molecule has 0 unspecified atom stereocenters. The first kappa shape index (κ1) is 19.0. The Balaban J connectivity index is 1.44. The van der Waals surface area contributed by atoms with Gasteiger partial charge in [-0.3, -0.25) is 0 Å². The average molecular weight is 435 g/mol. The van der Waals surface area contributed by atoms with Crippen LogP contribution in [0.25, 0.3) is 27.1 Å². The number of ether oxygens (including phenoxy) is 1. The molecule has 2 N–H and O–H groups in total. The lowest BCUT2D eigenvalue weighted by atomic mass is 9.91. The van der Waals surface area contributed by atoms with Gasteiger partial charge in [-0.2, -0.15) is 5.10 Å². The van der Waals surface area contributed by atoms with Crippen LogP contribution < -0.4 is 5.32 Å². The van der Waals surface area contributed by atoms with Crippen LogP contribution in [-0.4, -0.2) is 50.7 Å². The van der Waals surface area contributed by atoms with Crippen molar-refractivity contribution in [3.63, 3.8) is 0 Å². The van der Waals surface area contributed by atoms with E-state index in [2.05, 4.69) is 59.5 Å². The Bertz CT molecular complexity index is 1320. The van der Waals surface area contributed by atoms with Crippen LogP contribution in [0.3, 0.4) is 0 Å². The monoisotopic (exact) mass is 434 g/mol. The molecule has 0 bridgehead atoms. The Kier molecular flexibility index (Phi) is 4.23. The molecule has 0 radical (unpaired) electrons. The van der Waals surface area contributed by atoms with E-state index in [0.717, 1.165) is 64.7 Å². The highest BCUT2D eigenvalue weighted by molar-refractivity contribution is 7.21. The van der Waals surface area contributed by atoms with E-state index < -0.39 is 0 Å². The molecule has 2 aliphatic heterocycles. The molecule has 6 heterocycles. The predicted molar refractivity (Wildman–Crippen MR) is 124 cm³/mol. The Labute approximate surface area is 184 Å². The number of aromatic nitrogens is 4. The first-order valence-electron chi connectivity index (χ1n) is 10.9. The minimum absolute atomic E-state index is 0.0327. The Hall–Kier alpha value is -2.71. The van der Waals surface area contributed by atoms with E-state index >= 15 is 0 Å². The van der Waals surface area contributed by atoms with E-state index in [1.165, 1.54) is 10.3 Å². The van der Waals surface area contributed by atoms with Gasteiger partial charge in [0.05, 0.1) is 20.8 Å². The van der Waals surface area contributed by atoms with E-state index in [0.29, 0.717) is 12.5 Å². The molecule has 0 amide bonds. The Morgan fingerprint density at radius 2 is 2.06 bits per heavy atom. The standard InChI is InChI=1S/C23H26N6OS/c1-13(2)18-19(15-8-14(3)21-25-12-26-29(21)10-15)27-16-9-17(31-20(16)18)22-28-23(11-30-22)4-6-24-7-5-23/h8-10,12-13,24,27H,4-7,11H2,1-3H3. The number of aryl methyl sites for hydroxylation is 1. The highest BCUT2D eigenvalue weighted by atomic mass is 32.1. The van der Waals surface area contributed by atoms with Gasteiger partial charge in [0.1, 0.15) is 18.5 Å². The van der Waals surface area contributed by atoms with Gasteiger partial charge in [-0.15, -0.1) is 11.3 Å². The summed E-state index contributed by atoms with van der Waals surface area (Å²) >= 11 is 1.78. The molecule has 0 atom stereocenters. The minimum atomic E-state index is -0.0327. The third-order valence-corrected chi connectivity index (χ3v) is 7.65. The highest BCUT2D eigenvalue weighted by Gasteiger charge is 2.38. The second kappa shape index (κ2) is 6.90. The van der Waals surface area contributed by atoms with Gasteiger partial charge in [0.15, 0.2) is 5.65 Å². The fourth-order valence-electron chi connectivity index (χ4n) is 4.87. The summed E-state index contributed by atoms with van der Waals surface area (Å²) in [6, 6.07) is 4.40. The third kappa shape index (κ3) is 3.00. The largest absolute Gasteiger partial charge is 0.474 e. The maximum absolute atomic E-state index is 6.10. The maximum Gasteiger partial charge on any atom is 0.227 e. The lowest BCUT2D eigenvalue weighted by Gasteiger charge is -2.28. The van der Waals surface area contributed by atoms with Crippen LogP contribution in [0.15, 0.2) is 29.6 Å². The highest BCUT2D eigenvalue weighted by Crippen LogP contribution is 2.41. The number of hydrogen-bond acceptors (Lipinski definition) is 6. The second-order valence-corrected chi connectivity index (χ2v) is 10.1. The topological polar surface area (TPSA) is 79.6 Å². The van der Waals surface area contributed by atoms with Crippen molar-refractivity contribution in [1.29, 1.82) is 0 Å². The van der Waals surface area contributed by atoms with Crippen molar-refractivity contribution in [2.24, 2.45) is 4.99 Å². The summed E-state index contributed by atoms with van der Waals surface area (Å²) in [6.45, 7) is 9.32. The molecule has 6 rings (SSSR count). The van der Waals surface area contributed by atoms with Crippen molar-refractivity contribution in [3.05, 3.63) is 40.7 Å². The van der Waals surface area contributed by atoms with Gasteiger partial charge in [0, 0.05) is 11.8 Å². The lowest BCUT2D eigenvalue weighted by molar-refractivity contribution is 0.215. The van der Waals surface area contributed by atoms with Crippen LogP contribution in [0.5, 0.6) is 0 Å². The predicted octanol–water partition coefficient (Wildman–Crippen LogP) is 4.27. The van der Waals surface area contributed by atoms with E-state index in [4.69, 9.17) is 9.73 Å². The van der Waals surface area contributed by atoms with Crippen molar-refractivity contribution in [3.8, 4) is 11.3 Å². The fourth-order valence-corrected chi connectivity index (χ4v) is 6.13. The fraction of sp³-hybridized carbons (Fsp3) is 0.435. The molecule has 160 valence electrons. The number of aromatic amines is 1. The van der Waals surface area contributed by atoms with Crippen LogP contribution in [-0.2, 0) is 4.74 Å². The SMILES string of the molecule is Cc1cc(-c2[nH]c3cc(C4=NC5(CCNCC5)CO4)sc3c2C(C)C)cn2ncnc12. The van der Waals surface area contributed by atoms with Gasteiger partial charge >= 0.3 is 0 Å². The number of pyridine rings is 1. The molecule has 2 aliphatic rings. The summed E-state index contributed by atoms with van der Waals surface area (Å²) in [6.07, 6.45) is 5.76. The number of aliphatic imine (C=N–C) groups is 1. The van der Waals surface area contributed by atoms with E-state index in [-0.39, 0.29) is 5.54 Å². The summed E-state index contributed by atoms with van der Waals surface area (Å²) in [5.74, 6) is 1.19. The molecule has 4 aromatic rings. The number of nitrogens with one attached hydrogen (secondary N) is 2. The van der Waals surface area contributed by atoms with Gasteiger partial charge in [0.2, 0.25) is 5.90 Å². The van der Waals surface area contributed by atoms with Crippen molar-refractivity contribution >= 4 is 33.1 Å². The summed E-state index contributed by atoms with van der Waals surface area (Å²) < 4.78 is 9.24. The van der Waals surface area contributed by atoms with E-state index in [1.807, 2.05) is 4.52 Å². The number of fused-ring (bicyclic) bond motifs is 2. The zero-order valence-electron chi connectivity index (χ0n) is 18.0. The number of H-pyrrole nitrogens is 1. The summed E-state index contributed by atoms with van der Waals surface area (Å²) in [5.41, 5.74) is 6.75. The normalized spacial score (nSPS) is 18.4. The number of thiophene rings is 1. The molecule has 1 fully saturated rings. The van der Waals surface area contributed by atoms with Gasteiger partial charge in [-0.05, 0) is 62.0 Å². The van der Waals surface area contributed by atoms with Gasteiger partial charge in [-0.25, -0.2) is 14.5 Å². The number of rotatable bonds is 3. The van der Waals surface area contributed by atoms with Crippen LogP contribution in [0.4, 0.5) is 0 Å². The van der Waals surface area contributed by atoms with Crippen LogP contribution >= 0.6 is 11.3 Å². The van der Waals surface area contributed by atoms with Crippen LogP contribution in [0.2, 0.25) is 0 Å². The zero-order chi connectivity index (χ0) is 21.2. The second-order valence-electron chi connectivity index (χ2n) is 9.04. The molecule has 1 saturated heterocycles. The van der Waals surface area contributed by atoms with Crippen molar-refractivity contribution in [1.82, 2.24) is 24.9 Å². The van der Waals surface area contributed by atoms with Gasteiger partial charge in [0.25, 0.3) is 0 Å². The molecular weight excluding hydrogens is 408 g/mol. The molecule has 4 aromatic heterocycles. The first-order valence-corrected chi connectivity index (χ1v) is 11.7. The van der Waals surface area contributed by atoms with Crippen molar-refractivity contribution in [2.75, 3.05) is 19.7 Å². The number of hydrogen-bond donors (Lipinski definition) is 2. The summed E-state index contributed by atoms with van der Waals surface area (Å²) in [7, 11) is 0. The molecule has 0 saturated carbocycles. The minimum Gasteiger partial charge on any atom is -0.474 e. The zero-order valence-corrected chi connectivity index (χ0v) is 18.8. The molecule has 7 nitrogen and oxygen atoms in total. The maximum atomic E-state index is 6.10. The molecule has 0 aromatic carbocycles. The molecule has 1 spiro atoms. The first-order chi connectivity index (χ1) is 15.0. The molecule has 31 heavy (non-hydrogen) atoms. The van der Waals surface area contributed by atoms with Gasteiger partial charge in [-0.1, -0.05) is 13.8 Å². The lowest BCUT2D eigenvalue weighted by Crippen LogP contribution is -2.41. The molecular formula is C23H26N6OS.